The monoisotopic (exact) mass is 345 g/mol. The Morgan fingerprint density at radius 2 is 1.92 bits per heavy atom. The van der Waals surface area contributed by atoms with Crippen molar-refractivity contribution in [1.82, 2.24) is 29.8 Å². The molecule has 0 aliphatic heterocycles. The Kier molecular flexibility index (Phi) is 4.21. The van der Waals surface area contributed by atoms with Crippen LogP contribution in [0, 0.1) is 0 Å². The van der Waals surface area contributed by atoms with Crippen LogP contribution in [-0.4, -0.2) is 35.7 Å². The maximum absolute atomic E-state index is 12.4. The summed E-state index contributed by atoms with van der Waals surface area (Å²) in [4.78, 5) is 16.4. The summed E-state index contributed by atoms with van der Waals surface area (Å²) in [6.45, 7) is 0.586. The van der Waals surface area contributed by atoms with Crippen LogP contribution in [0.5, 0.6) is 0 Å². The lowest BCUT2D eigenvalue weighted by atomic mass is 10.2. The van der Waals surface area contributed by atoms with Crippen LogP contribution in [0.3, 0.4) is 0 Å². The summed E-state index contributed by atoms with van der Waals surface area (Å²) in [6, 6.07) is 13.6. The highest BCUT2D eigenvalue weighted by molar-refractivity contribution is 6.03. The van der Waals surface area contributed by atoms with E-state index in [1.807, 2.05) is 42.5 Å². The number of pyridine rings is 1. The Morgan fingerprint density at radius 1 is 1.04 bits per heavy atom. The summed E-state index contributed by atoms with van der Waals surface area (Å²) in [5.74, 6) is 0.0898. The fourth-order valence-electron chi connectivity index (χ4n) is 2.46. The summed E-state index contributed by atoms with van der Waals surface area (Å²) in [5.41, 5.74) is 2.31. The van der Waals surface area contributed by atoms with Crippen LogP contribution in [0.2, 0.25) is 0 Å². The Hall–Kier alpha value is -3.81. The molecule has 0 aliphatic rings. The van der Waals surface area contributed by atoms with Crippen LogP contribution >= 0.6 is 0 Å². The van der Waals surface area contributed by atoms with Gasteiger partial charge in [0.25, 0.3) is 5.91 Å². The van der Waals surface area contributed by atoms with E-state index >= 15 is 0 Å². The van der Waals surface area contributed by atoms with Crippen molar-refractivity contribution in [3.8, 4) is 5.69 Å². The van der Waals surface area contributed by atoms with Gasteiger partial charge in [0.05, 0.1) is 36.4 Å². The number of aromatic nitrogens is 6. The predicted molar refractivity (Wildman–Crippen MR) is 94.9 cm³/mol. The zero-order valence-electron chi connectivity index (χ0n) is 13.7. The molecular weight excluding hydrogens is 330 g/mol. The normalized spacial score (nSPS) is 10.6. The predicted octanol–water partition coefficient (Wildman–Crippen LogP) is 2.16. The minimum atomic E-state index is -0.299. The van der Waals surface area contributed by atoms with E-state index in [1.165, 1.54) is 6.20 Å². The number of hydrogen-bond donors (Lipinski definition) is 1. The van der Waals surface area contributed by atoms with Gasteiger partial charge in [-0.3, -0.25) is 9.78 Å². The Morgan fingerprint density at radius 3 is 2.73 bits per heavy atom. The Labute approximate surface area is 149 Å². The lowest BCUT2D eigenvalue weighted by Gasteiger charge is -2.00. The van der Waals surface area contributed by atoms with E-state index in [4.69, 9.17) is 0 Å². The number of nitrogens with zero attached hydrogens (tertiary/aromatic N) is 6. The van der Waals surface area contributed by atoms with Crippen molar-refractivity contribution in [2.24, 2.45) is 0 Å². The van der Waals surface area contributed by atoms with Gasteiger partial charge in [0, 0.05) is 12.4 Å². The second-order valence-electron chi connectivity index (χ2n) is 5.63. The molecule has 0 aliphatic carbocycles. The fourth-order valence-corrected chi connectivity index (χ4v) is 2.46. The summed E-state index contributed by atoms with van der Waals surface area (Å²) in [6.07, 6.45) is 8.18. The van der Waals surface area contributed by atoms with Crippen LogP contribution < -0.4 is 5.32 Å². The minimum Gasteiger partial charge on any atom is -0.304 e. The Bertz CT molecular complexity index is 1010. The van der Waals surface area contributed by atoms with Gasteiger partial charge in [-0.1, -0.05) is 35.5 Å². The number of amides is 1. The highest BCUT2D eigenvalue weighted by Crippen LogP contribution is 2.10. The number of nitrogens with one attached hydrogen (secondary N) is 1. The first-order chi connectivity index (χ1) is 12.8. The topological polar surface area (TPSA) is 90.5 Å². The molecular formula is C18H15N7O. The van der Waals surface area contributed by atoms with E-state index in [2.05, 4.69) is 25.7 Å². The lowest BCUT2D eigenvalue weighted by Crippen LogP contribution is -2.11. The third kappa shape index (κ3) is 3.48. The van der Waals surface area contributed by atoms with Crippen LogP contribution in [0.15, 0.2) is 73.4 Å². The van der Waals surface area contributed by atoms with E-state index in [0.717, 1.165) is 11.3 Å². The molecule has 3 heterocycles. The number of anilines is 1. The molecule has 0 atom stereocenters. The molecule has 1 amide bonds. The molecule has 4 rings (SSSR count). The van der Waals surface area contributed by atoms with Crippen molar-refractivity contribution in [2.75, 3.05) is 5.32 Å². The van der Waals surface area contributed by atoms with Crippen molar-refractivity contribution in [2.45, 2.75) is 6.54 Å². The summed E-state index contributed by atoms with van der Waals surface area (Å²) in [7, 11) is 0. The molecule has 0 spiro atoms. The van der Waals surface area contributed by atoms with Gasteiger partial charge in [-0.2, -0.15) is 5.10 Å². The summed E-state index contributed by atoms with van der Waals surface area (Å²) < 4.78 is 3.26. The molecule has 1 aromatic carbocycles. The molecule has 26 heavy (non-hydrogen) atoms. The molecule has 0 radical (unpaired) electrons. The molecule has 0 bridgehead atoms. The van der Waals surface area contributed by atoms with Crippen molar-refractivity contribution in [1.29, 1.82) is 0 Å². The quantitative estimate of drug-likeness (QED) is 0.598. The molecule has 0 saturated carbocycles. The van der Waals surface area contributed by atoms with Gasteiger partial charge >= 0.3 is 0 Å². The number of hydrogen-bond acceptors (Lipinski definition) is 5. The first-order valence-corrected chi connectivity index (χ1v) is 7.98. The van der Waals surface area contributed by atoms with E-state index in [1.54, 1.807) is 34.2 Å². The van der Waals surface area contributed by atoms with Crippen LogP contribution in [0.4, 0.5) is 5.82 Å². The SMILES string of the molecule is O=C(Nc1cn(Cc2ccccc2)nn1)c1cnn(-c2cccnc2)c1. The largest absolute Gasteiger partial charge is 0.304 e. The molecule has 0 fully saturated rings. The van der Waals surface area contributed by atoms with Crippen molar-refractivity contribution < 1.29 is 4.79 Å². The van der Waals surface area contributed by atoms with Gasteiger partial charge < -0.3 is 5.32 Å². The number of rotatable bonds is 5. The van der Waals surface area contributed by atoms with E-state index in [0.29, 0.717) is 17.9 Å². The zero-order valence-corrected chi connectivity index (χ0v) is 13.7. The van der Waals surface area contributed by atoms with Crippen molar-refractivity contribution in [3.63, 3.8) is 0 Å². The molecule has 3 aromatic heterocycles. The third-order valence-corrected chi connectivity index (χ3v) is 3.72. The first-order valence-electron chi connectivity index (χ1n) is 7.98. The fraction of sp³-hybridized carbons (Fsp3) is 0.0556. The van der Waals surface area contributed by atoms with E-state index in [9.17, 15) is 4.79 Å². The van der Waals surface area contributed by atoms with Crippen LogP contribution in [-0.2, 0) is 6.54 Å². The average Bonchev–Trinajstić information content (AvgIpc) is 3.33. The van der Waals surface area contributed by atoms with E-state index < -0.39 is 0 Å². The number of carbonyl (C=O) groups is 1. The molecule has 128 valence electrons. The van der Waals surface area contributed by atoms with Gasteiger partial charge in [-0.25, -0.2) is 9.36 Å². The third-order valence-electron chi connectivity index (χ3n) is 3.72. The van der Waals surface area contributed by atoms with Gasteiger partial charge in [0.15, 0.2) is 5.82 Å². The zero-order chi connectivity index (χ0) is 17.8. The highest BCUT2D eigenvalue weighted by atomic mass is 16.1. The second kappa shape index (κ2) is 6.98. The molecule has 1 N–H and O–H groups in total. The number of benzene rings is 1. The standard InChI is InChI=1S/C18H15N7O/c26-18(15-9-20-25(12-15)16-7-4-8-19-10-16)21-17-13-24(23-22-17)11-14-5-2-1-3-6-14/h1-10,12-13H,11H2,(H,21,26). The summed E-state index contributed by atoms with van der Waals surface area (Å²) >= 11 is 0. The second-order valence-corrected chi connectivity index (χ2v) is 5.63. The van der Waals surface area contributed by atoms with Crippen molar-refractivity contribution >= 4 is 11.7 Å². The summed E-state index contributed by atoms with van der Waals surface area (Å²) in [5, 5.41) is 14.9. The molecule has 0 unspecified atom stereocenters. The Balaban J connectivity index is 1.43. The average molecular weight is 345 g/mol. The van der Waals surface area contributed by atoms with Gasteiger partial charge in [0.1, 0.15) is 0 Å². The smallest absolute Gasteiger partial charge is 0.260 e. The minimum absolute atomic E-state index is 0.299. The molecule has 4 aromatic rings. The molecule has 8 heteroatoms. The van der Waals surface area contributed by atoms with E-state index in [-0.39, 0.29) is 5.91 Å². The number of carbonyl (C=O) groups excluding carboxylic acids is 1. The maximum atomic E-state index is 12.4. The maximum Gasteiger partial charge on any atom is 0.260 e. The van der Waals surface area contributed by atoms with Crippen LogP contribution in [0.25, 0.3) is 5.69 Å². The highest BCUT2D eigenvalue weighted by Gasteiger charge is 2.12. The lowest BCUT2D eigenvalue weighted by molar-refractivity contribution is 0.102. The molecule has 0 saturated heterocycles. The van der Waals surface area contributed by atoms with Gasteiger partial charge in [-0.05, 0) is 17.7 Å². The van der Waals surface area contributed by atoms with Crippen molar-refractivity contribution in [3.05, 3.63) is 84.6 Å². The first kappa shape index (κ1) is 15.7. The van der Waals surface area contributed by atoms with Gasteiger partial charge in [0.2, 0.25) is 0 Å². The van der Waals surface area contributed by atoms with Crippen LogP contribution in [0.1, 0.15) is 15.9 Å². The molecule has 8 nitrogen and oxygen atoms in total. The van der Waals surface area contributed by atoms with Gasteiger partial charge in [-0.15, -0.1) is 5.10 Å².